The fourth-order valence-corrected chi connectivity index (χ4v) is 2.47. The molecule has 0 aliphatic rings. The van der Waals surface area contributed by atoms with Gasteiger partial charge in [-0.25, -0.2) is 19.4 Å². The molecule has 0 bridgehead atoms. The number of hydrogen-bond acceptors (Lipinski definition) is 6. The average molecular weight is 389 g/mol. The van der Waals surface area contributed by atoms with Gasteiger partial charge in [-0.2, -0.15) is 5.10 Å². The molecule has 24 heavy (non-hydrogen) atoms. The van der Waals surface area contributed by atoms with Gasteiger partial charge in [-0.05, 0) is 46.6 Å². The van der Waals surface area contributed by atoms with E-state index in [-0.39, 0.29) is 12.3 Å². The van der Waals surface area contributed by atoms with Crippen molar-refractivity contribution in [3.05, 3.63) is 62.7 Å². The van der Waals surface area contributed by atoms with Crippen molar-refractivity contribution in [3.8, 4) is 0 Å². The van der Waals surface area contributed by atoms with Crippen molar-refractivity contribution in [2.45, 2.75) is 13.5 Å². The van der Waals surface area contributed by atoms with Crippen molar-refractivity contribution in [2.75, 3.05) is 6.61 Å². The highest BCUT2D eigenvalue weighted by atomic mass is 79.9. The normalized spacial score (nSPS) is 10.8. The molecule has 0 aliphatic carbocycles. The fourth-order valence-electron chi connectivity index (χ4n) is 2.24. The first-order valence-corrected chi connectivity index (χ1v) is 8.03. The minimum atomic E-state index is -0.740. The summed E-state index contributed by atoms with van der Waals surface area (Å²) in [5.41, 5.74) is 0.527. The second-order valence-electron chi connectivity index (χ2n) is 4.92. The van der Waals surface area contributed by atoms with Crippen molar-refractivity contribution in [2.24, 2.45) is 0 Å². The molecule has 122 valence electrons. The molecule has 0 fully saturated rings. The van der Waals surface area contributed by atoms with E-state index in [0.717, 1.165) is 5.56 Å². The van der Waals surface area contributed by atoms with Crippen molar-refractivity contribution < 1.29 is 9.53 Å². The number of fused-ring (bicyclic) bond motifs is 1. The Morgan fingerprint density at radius 2 is 2.12 bits per heavy atom. The van der Waals surface area contributed by atoms with Gasteiger partial charge in [0.05, 0.1) is 18.5 Å². The monoisotopic (exact) mass is 388 g/mol. The van der Waals surface area contributed by atoms with Gasteiger partial charge >= 0.3 is 5.97 Å². The Balaban J connectivity index is 2.15. The summed E-state index contributed by atoms with van der Waals surface area (Å²) in [7, 11) is 0. The van der Waals surface area contributed by atoms with Gasteiger partial charge in [-0.3, -0.25) is 4.79 Å². The van der Waals surface area contributed by atoms with Crippen LogP contribution in [0.1, 0.15) is 23.0 Å². The SMILES string of the molecule is CCOC(=O)c1nn(Cc2ccc(Br)nc2)c2ncccc2c1=O. The lowest BCUT2D eigenvalue weighted by Gasteiger charge is -2.10. The summed E-state index contributed by atoms with van der Waals surface area (Å²) < 4.78 is 7.15. The molecule has 3 rings (SSSR count). The lowest BCUT2D eigenvalue weighted by molar-refractivity contribution is 0.0515. The predicted molar refractivity (Wildman–Crippen MR) is 90.8 cm³/mol. The standard InChI is InChI=1S/C16H13BrN4O3/c1-2-24-16(23)13-14(22)11-4-3-7-18-15(11)21(20-13)9-10-5-6-12(17)19-8-10/h3-8H,2,9H2,1H3. The summed E-state index contributed by atoms with van der Waals surface area (Å²) in [4.78, 5) is 32.9. The molecule has 3 heterocycles. The highest BCUT2D eigenvalue weighted by Gasteiger charge is 2.19. The van der Waals surface area contributed by atoms with Crippen molar-refractivity contribution in [1.82, 2.24) is 19.7 Å². The number of rotatable bonds is 4. The van der Waals surface area contributed by atoms with Crippen LogP contribution in [0.3, 0.4) is 0 Å². The van der Waals surface area contributed by atoms with E-state index in [0.29, 0.717) is 22.2 Å². The second kappa shape index (κ2) is 6.88. The first-order chi connectivity index (χ1) is 11.6. The Hall–Kier alpha value is -2.61. The summed E-state index contributed by atoms with van der Waals surface area (Å²) >= 11 is 3.28. The number of hydrogen-bond donors (Lipinski definition) is 0. The maximum Gasteiger partial charge on any atom is 0.362 e. The number of pyridine rings is 2. The van der Waals surface area contributed by atoms with Crippen LogP contribution < -0.4 is 5.43 Å². The van der Waals surface area contributed by atoms with E-state index in [2.05, 4.69) is 31.0 Å². The van der Waals surface area contributed by atoms with E-state index in [1.54, 1.807) is 37.5 Å². The first kappa shape index (κ1) is 16.3. The van der Waals surface area contributed by atoms with E-state index in [9.17, 15) is 9.59 Å². The maximum absolute atomic E-state index is 12.5. The number of carbonyl (C=O) groups excluding carboxylic acids is 1. The van der Waals surface area contributed by atoms with Crippen LogP contribution in [0.2, 0.25) is 0 Å². The molecule has 0 saturated carbocycles. The van der Waals surface area contributed by atoms with Crippen molar-refractivity contribution in [3.63, 3.8) is 0 Å². The number of carbonyl (C=O) groups is 1. The Kier molecular flexibility index (Phi) is 4.66. The van der Waals surface area contributed by atoms with E-state index < -0.39 is 11.4 Å². The summed E-state index contributed by atoms with van der Waals surface area (Å²) in [6, 6.07) is 6.94. The van der Waals surface area contributed by atoms with Crippen LogP contribution in [-0.2, 0) is 11.3 Å². The molecule has 0 aromatic carbocycles. The number of esters is 1. The third kappa shape index (κ3) is 3.18. The number of nitrogens with zero attached hydrogens (tertiary/aromatic N) is 4. The second-order valence-corrected chi connectivity index (χ2v) is 5.73. The lowest BCUT2D eigenvalue weighted by Crippen LogP contribution is -2.25. The van der Waals surface area contributed by atoms with Gasteiger partial charge in [-0.15, -0.1) is 0 Å². The molecule has 0 spiro atoms. The molecule has 0 aliphatic heterocycles. The summed E-state index contributed by atoms with van der Waals surface area (Å²) in [5.74, 6) is -0.740. The molecule has 0 saturated heterocycles. The van der Waals surface area contributed by atoms with E-state index >= 15 is 0 Å². The minimum Gasteiger partial charge on any atom is -0.461 e. The topological polar surface area (TPSA) is 87.0 Å². The minimum absolute atomic E-state index is 0.168. The molecule has 0 radical (unpaired) electrons. The molecule has 0 atom stereocenters. The Bertz CT molecular complexity index is 954. The molecule has 0 unspecified atom stereocenters. The van der Waals surface area contributed by atoms with Crippen LogP contribution in [0.4, 0.5) is 0 Å². The molecule has 0 N–H and O–H groups in total. The zero-order chi connectivity index (χ0) is 17.1. The van der Waals surface area contributed by atoms with Gasteiger partial charge in [0, 0.05) is 12.4 Å². The molecule has 3 aromatic rings. The van der Waals surface area contributed by atoms with Gasteiger partial charge in [0.25, 0.3) is 0 Å². The molecule has 7 nitrogen and oxygen atoms in total. The summed E-state index contributed by atoms with van der Waals surface area (Å²) in [6.45, 7) is 2.16. The van der Waals surface area contributed by atoms with Crippen LogP contribution in [0.25, 0.3) is 11.0 Å². The van der Waals surface area contributed by atoms with Gasteiger partial charge in [0.15, 0.2) is 5.65 Å². The van der Waals surface area contributed by atoms with Crippen LogP contribution in [0.15, 0.2) is 46.1 Å². The zero-order valence-electron chi connectivity index (χ0n) is 12.8. The Morgan fingerprint density at radius 1 is 1.29 bits per heavy atom. The van der Waals surface area contributed by atoms with Crippen LogP contribution >= 0.6 is 15.9 Å². The average Bonchev–Trinajstić information content (AvgIpc) is 2.59. The number of halogens is 1. The molecular formula is C16H13BrN4O3. The largest absolute Gasteiger partial charge is 0.461 e. The van der Waals surface area contributed by atoms with Crippen LogP contribution in [-0.4, -0.2) is 32.3 Å². The molecular weight excluding hydrogens is 376 g/mol. The molecule has 3 aromatic heterocycles. The van der Waals surface area contributed by atoms with Crippen molar-refractivity contribution >= 4 is 32.9 Å². The molecule has 0 amide bonds. The predicted octanol–water partition coefficient (Wildman–Crippen LogP) is 2.17. The van der Waals surface area contributed by atoms with Gasteiger partial charge < -0.3 is 4.74 Å². The summed E-state index contributed by atoms with van der Waals surface area (Å²) in [6.07, 6.45) is 3.26. The third-order valence-electron chi connectivity index (χ3n) is 3.30. The lowest BCUT2D eigenvalue weighted by atomic mass is 10.2. The number of aromatic nitrogens is 4. The summed E-state index contributed by atoms with van der Waals surface area (Å²) in [5, 5.41) is 4.48. The third-order valence-corrected chi connectivity index (χ3v) is 3.77. The zero-order valence-corrected chi connectivity index (χ0v) is 14.4. The first-order valence-electron chi connectivity index (χ1n) is 7.23. The van der Waals surface area contributed by atoms with Crippen molar-refractivity contribution in [1.29, 1.82) is 0 Å². The Labute approximate surface area is 145 Å². The van der Waals surface area contributed by atoms with E-state index in [4.69, 9.17) is 4.74 Å². The van der Waals surface area contributed by atoms with Gasteiger partial charge in [0.1, 0.15) is 4.60 Å². The van der Waals surface area contributed by atoms with Gasteiger partial charge in [-0.1, -0.05) is 6.07 Å². The quantitative estimate of drug-likeness (QED) is 0.502. The highest BCUT2D eigenvalue weighted by molar-refractivity contribution is 9.10. The van der Waals surface area contributed by atoms with E-state index in [1.807, 2.05) is 6.07 Å². The Morgan fingerprint density at radius 3 is 2.83 bits per heavy atom. The number of ether oxygens (including phenoxy) is 1. The van der Waals surface area contributed by atoms with Crippen LogP contribution in [0, 0.1) is 0 Å². The highest BCUT2D eigenvalue weighted by Crippen LogP contribution is 2.11. The smallest absolute Gasteiger partial charge is 0.362 e. The molecule has 8 heteroatoms. The van der Waals surface area contributed by atoms with E-state index in [1.165, 1.54) is 4.68 Å². The van der Waals surface area contributed by atoms with Gasteiger partial charge in [0.2, 0.25) is 11.1 Å². The maximum atomic E-state index is 12.5. The fraction of sp³-hybridized carbons (Fsp3) is 0.188. The van der Waals surface area contributed by atoms with Crippen LogP contribution in [0.5, 0.6) is 0 Å².